The van der Waals surface area contributed by atoms with Gasteiger partial charge in [0.15, 0.2) is 12.4 Å². The minimum Gasteiger partial charge on any atom is -0.478 e. The van der Waals surface area contributed by atoms with Gasteiger partial charge in [-0.25, -0.2) is 9.47 Å². The monoisotopic (exact) mass is 242 g/mol. The van der Waals surface area contributed by atoms with Gasteiger partial charge in [0.05, 0.1) is 5.56 Å². The summed E-state index contributed by atoms with van der Waals surface area (Å²) in [6, 6.07) is 11.0. The van der Waals surface area contributed by atoms with E-state index < -0.39 is 11.9 Å². The van der Waals surface area contributed by atoms with Gasteiger partial charge in [0, 0.05) is 17.7 Å². The number of carbonyl (C=O) groups is 2. The smallest absolute Gasteiger partial charge is 0.335 e. The summed E-state index contributed by atoms with van der Waals surface area (Å²) in [6.45, 7) is 0. The number of carboxylic acid groups (broad SMARTS) is 1. The van der Waals surface area contributed by atoms with Crippen LogP contribution in [0.2, 0.25) is 0 Å². The van der Waals surface area contributed by atoms with Gasteiger partial charge in [-0.2, -0.15) is 0 Å². The summed E-state index contributed by atoms with van der Waals surface area (Å²) in [6.07, 6.45) is 3.28. The van der Waals surface area contributed by atoms with Crippen molar-refractivity contribution in [2.45, 2.75) is 0 Å². The maximum Gasteiger partial charge on any atom is 0.335 e. The molecule has 0 saturated carbocycles. The second kappa shape index (κ2) is 5.09. The summed E-state index contributed by atoms with van der Waals surface area (Å²) in [5, 5.41) is 8.74. The van der Waals surface area contributed by atoms with Crippen LogP contribution in [0.1, 0.15) is 20.7 Å². The average Bonchev–Trinajstić information content (AvgIpc) is 2.40. The summed E-state index contributed by atoms with van der Waals surface area (Å²) < 4.78 is 1.40. The molecule has 1 heterocycles. The molecule has 90 valence electrons. The molecule has 5 heteroatoms. The first-order chi connectivity index (χ1) is 8.66. The van der Waals surface area contributed by atoms with Crippen molar-refractivity contribution in [3.8, 4) is 0 Å². The van der Waals surface area contributed by atoms with Crippen molar-refractivity contribution < 1.29 is 19.4 Å². The number of aromatic nitrogens is 1. The second-order valence-electron chi connectivity index (χ2n) is 3.54. The fourth-order valence-corrected chi connectivity index (χ4v) is 1.37. The van der Waals surface area contributed by atoms with Crippen molar-refractivity contribution in [1.82, 2.24) is 0 Å². The van der Waals surface area contributed by atoms with Crippen LogP contribution in [0.5, 0.6) is 0 Å². The summed E-state index contributed by atoms with van der Waals surface area (Å²) in [5.74, 6) is -1.45. The van der Waals surface area contributed by atoms with Crippen molar-refractivity contribution in [3.63, 3.8) is 0 Å². The molecule has 2 aromatic rings. The zero-order valence-corrected chi connectivity index (χ0v) is 9.35. The van der Waals surface area contributed by atoms with Crippen LogP contribution < -0.4 is 4.68 Å². The van der Waals surface area contributed by atoms with Crippen LogP contribution in [-0.2, 0) is 0 Å². The van der Waals surface area contributed by atoms with E-state index in [9.17, 15) is 9.59 Å². The third-order valence-electron chi connectivity index (χ3n) is 2.28. The van der Waals surface area contributed by atoms with Crippen molar-refractivity contribution in [1.29, 1.82) is 0 Å². The summed E-state index contributed by atoms with van der Waals surface area (Å²) >= 11 is 0. The molecule has 1 aromatic carbocycles. The Labute approximate surface area is 103 Å². The highest BCUT2D eigenvalue weighted by Gasteiger charge is 2.04. The molecule has 0 aliphatic carbocycles. The SMILES string of the molecule is O=C(O)c1ccc(C(=O)[N-][n+]2ccccc2)cc1. The van der Waals surface area contributed by atoms with E-state index >= 15 is 0 Å². The van der Waals surface area contributed by atoms with Gasteiger partial charge in [0.2, 0.25) is 0 Å². The lowest BCUT2D eigenvalue weighted by atomic mass is 10.1. The van der Waals surface area contributed by atoms with E-state index in [1.807, 2.05) is 6.07 Å². The summed E-state index contributed by atoms with van der Waals surface area (Å²) in [7, 11) is 0. The van der Waals surface area contributed by atoms with Crippen LogP contribution in [0, 0.1) is 0 Å². The number of aromatic carboxylic acids is 1. The predicted molar refractivity (Wildman–Crippen MR) is 63.1 cm³/mol. The third kappa shape index (κ3) is 2.70. The third-order valence-corrected chi connectivity index (χ3v) is 2.28. The van der Waals surface area contributed by atoms with E-state index in [1.165, 1.54) is 28.9 Å². The lowest BCUT2D eigenvalue weighted by molar-refractivity contribution is -0.617. The Balaban J connectivity index is 2.12. The quantitative estimate of drug-likeness (QED) is 0.832. The molecular formula is C13H10N2O3. The van der Waals surface area contributed by atoms with Crippen molar-refractivity contribution in [2.24, 2.45) is 0 Å². The van der Waals surface area contributed by atoms with E-state index in [2.05, 4.69) is 5.43 Å². The van der Waals surface area contributed by atoms with Gasteiger partial charge < -0.3 is 15.3 Å². The Kier molecular flexibility index (Phi) is 3.33. The van der Waals surface area contributed by atoms with Gasteiger partial charge >= 0.3 is 5.97 Å². The first-order valence-electron chi connectivity index (χ1n) is 5.23. The molecule has 0 atom stereocenters. The van der Waals surface area contributed by atoms with E-state index in [-0.39, 0.29) is 5.56 Å². The number of benzene rings is 1. The van der Waals surface area contributed by atoms with Gasteiger partial charge in [0.25, 0.3) is 0 Å². The second-order valence-corrected chi connectivity index (χ2v) is 3.54. The fourth-order valence-electron chi connectivity index (χ4n) is 1.37. The van der Waals surface area contributed by atoms with Gasteiger partial charge in [-0.1, -0.05) is 18.2 Å². The Morgan fingerprint density at radius 1 is 0.944 bits per heavy atom. The molecule has 0 unspecified atom stereocenters. The number of hydrogen-bond donors (Lipinski definition) is 1. The van der Waals surface area contributed by atoms with Crippen LogP contribution in [-0.4, -0.2) is 17.0 Å². The minimum absolute atomic E-state index is 0.138. The zero-order valence-electron chi connectivity index (χ0n) is 9.35. The lowest BCUT2D eigenvalue weighted by Gasteiger charge is -2.11. The Morgan fingerprint density at radius 3 is 2.06 bits per heavy atom. The van der Waals surface area contributed by atoms with E-state index in [4.69, 9.17) is 5.11 Å². The minimum atomic E-state index is -1.02. The lowest BCUT2D eigenvalue weighted by Crippen LogP contribution is -2.30. The van der Waals surface area contributed by atoms with Crippen LogP contribution in [0.15, 0.2) is 54.9 Å². The first kappa shape index (κ1) is 11.8. The van der Waals surface area contributed by atoms with E-state index in [1.54, 1.807) is 24.5 Å². The molecule has 2 rings (SSSR count). The van der Waals surface area contributed by atoms with Gasteiger partial charge in [0.1, 0.15) is 5.91 Å². The number of carbonyl (C=O) groups excluding carboxylic acids is 1. The topological polar surface area (TPSA) is 72.3 Å². The molecule has 0 spiro atoms. The highest BCUT2D eigenvalue weighted by molar-refractivity contribution is 6.02. The maximum atomic E-state index is 11.8. The van der Waals surface area contributed by atoms with Crippen LogP contribution in [0.4, 0.5) is 0 Å². The van der Waals surface area contributed by atoms with Gasteiger partial charge in [-0.3, -0.25) is 0 Å². The van der Waals surface area contributed by atoms with Gasteiger partial charge in [-0.05, 0) is 12.1 Å². The summed E-state index contributed by atoms with van der Waals surface area (Å²) in [5.41, 5.74) is 4.32. The molecule has 1 aromatic heterocycles. The molecule has 0 bridgehead atoms. The largest absolute Gasteiger partial charge is 0.478 e. The number of amides is 1. The van der Waals surface area contributed by atoms with Crippen molar-refractivity contribution in [2.75, 3.05) is 0 Å². The maximum absolute atomic E-state index is 11.8. The molecular weight excluding hydrogens is 232 g/mol. The molecule has 0 fully saturated rings. The highest BCUT2D eigenvalue weighted by Crippen LogP contribution is 2.07. The average molecular weight is 242 g/mol. The van der Waals surface area contributed by atoms with Crippen molar-refractivity contribution in [3.05, 3.63) is 71.4 Å². The molecule has 18 heavy (non-hydrogen) atoms. The van der Waals surface area contributed by atoms with Crippen LogP contribution >= 0.6 is 0 Å². The molecule has 1 N–H and O–H groups in total. The highest BCUT2D eigenvalue weighted by atomic mass is 16.4. The number of pyridine rings is 1. The van der Waals surface area contributed by atoms with Crippen LogP contribution in [0.3, 0.4) is 0 Å². The Bertz CT molecular complexity index is 565. The Morgan fingerprint density at radius 2 is 1.50 bits per heavy atom. The summed E-state index contributed by atoms with van der Waals surface area (Å²) in [4.78, 5) is 22.4. The number of carboxylic acids is 1. The molecule has 0 saturated heterocycles. The number of nitrogens with zero attached hydrogens (tertiary/aromatic N) is 2. The molecule has 0 radical (unpaired) electrons. The molecule has 1 amide bonds. The first-order valence-corrected chi connectivity index (χ1v) is 5.23. The molecule has 5 nitrogen and oxygen atoms in total. The van der Waals surface area contributed by atoms with Crippen molar-refractivity contribution >= 4 is 11.9 Å². The predicted octanol–water partition coefficient (Wildman–Crippen LogP) is 1.65. The zero-order chi connectivity index (χ0) is 13.0. The Hall–Kier alpha value is -2.69. The van der Waals surface area contributed by atoms with Gasteiger partial charge in [-0.15, -0.1) is 0 Å². The van der Waals surface area contributed by atoms with Crippen LogP contribution in [0.25, 0.3) is 5.43 Å². The standard InChI is InChI=1S/C13H10N2O3/c16-12(14-15-8-2-1-3-9-15)10-4-6-11(7-5-10)13(17)18/h1-9H,(H,17,18). The van der Waals surface area contributed by atoms with E-state index in [0.717, 1.165) is 0 Å². The van der Waals surface area contributed by atoms with E-state index in [0.29, 0.717) is 5.56 Å². The molecule has 0 aliphatic rings. The number of rotatable bonds is 3. The number of hydrogen-bond acceptors (Lipinski definition) is 2. The molecule has 0 aliphatic heterocycles. The fraction of sp³-hybridized carbons (Fsp3) is 0. The normalized spacial score (nSPS) is 9.78.